The molecule has 0 bridgehead atoms. The maximum Gasteiger partial charge on any atom is 0.225 e. The predicted molar refractivity (Wildman–Crippen MR) is 141 cm³/mol. The van der Waals surface area contributed by atoms with Gasteiger partial charge in [0.05, 0.1) is 13.2 Å². The van der Waals surface area contributed by atoms with Gasteiger partial charge < -0.3 is 20.3 Å². The summed E-state index contributed by atoms with van der Waals surface area (Å²) in [5.74, 6) is 2.41. The average Bonchev–Trinajstić information content (AvgIpc) is 3.33. The molecule has 3 rings (SSSR count). The molecule has 2 aliphatic rings. The van der Waals surface area contributed by atoms with E-state index in [4.69, 9.17) is 9.73 Å². The zero-order valence-corrected chi connectivity index (χ0v) is 22.0. The van der Waals surface area contributed by atoms with Crippen LogP contribution < -0.4 is 15.4 Å². The number of aliphatic imine (C=N–C) groups is 1. The van der Waals surface area contributed by atoms with Gasteiger partial charge in [0.25, 0.3) is 0 Å². The van der Waals surface area contributed by atoms with E-state index in [0.717, 1.165) is 75.9 Å². The molecule has 1 aliphatic heterocycles. The van der Waals surface area contributed by atoms with Crippen molar-refractivity contribution in [3.8, 4) is 5.75 Å². The van der Waals surface area contributed by atoms with Gasteiger partial charge in [0.1, 0.15) is 5.75 Å². The van der Waals surface area contributed by atoms with Crippen LogP contribution in [-0.4, -0.2) is 74.1 Å². The minimum Gasteiger partial charge on any atom is -0.494 e. The first-order valence-corrected chi connectivity index (χ1v) is 11.9. The van der Waals surface area contributed by atoms with E-state index >= 15 is 0 Å². The molecule has 1 heterocycles. The van der Waals surface area contributed by atoms with Crippen LogP contribution in [0, 0.1) is 5.92 Å². The third kappa shape index (κ3) is 8.10. The second kappa shape index (κ2) is 14.6. The molecule has 7 nitrogen and oxygen atoms in total. The summed E-state index contributed by atoms with van der Waals surface area (Å²) in [6.07, 6.45) is 4.61. The minimum atomic E-state index is 0. The molecule has 32 heavy (non-hydrogen) atoms. The van der Waals surface area contributed by atoms with Crippen LogP contribution in [0.2, 0.25) is 0 Å². The number of nitrogens with zero attached hydrogens (tertiary/aromatic N) is 3. The van der Waals surface area contributed by atoms with E-state index < -0.39 is 0 Å². The smallest absolute Gasteiger partial charge is 0.225 e. The van der Waals surface area contributed by atoms with Gasteiger partial charge in [-0.1, -0.05) is 31.0 Å². The highest BCUT2D eigenvalue weighted by Crippen LogP contribution is 2.26. The lowest BCUT2D eigenvalue weighted by molar-refractivity contribution is -0.137. The van der Waals surface area contributed by atoms with Gasteiger partial charge in [-0.05, 0) is 32.8 Å². The number of halogens is 1. The molecule has 1 aliphatic carbocycles. The molecule has 0 spiro atoms. The van der Waals surface area contributed by atoms with Gasteiger partial charge in [-0.15, -0.1) is 24.0 Å². The monoisotopic (exact) mass is 557 g/mol. The highest BCUT2D eigenvalue weighted by atomic mass is 127. The van der Waals surface area contributed by atoms with E-state index in [-0.39, 0.29) is 24.0 Å². The fourth-order valence-electron chi connectivity index (χ4n) is 4.39. The van der Waals surface area contributed by atoms with Crippen LogP contribution in [0.15, 0.2) is 29.3 Å². The van der Waals surface area contributed by atoms with Crippen molar-refractivity contribution in [3.05, 3.63) is 29.8 Å². The number of benzene rings is 1. The number of rotatable bonds is 9. The summed E-state index contributed by atoms with van der Waals surface area (Å²) < 4.78 is 5.70. The van der Waals surface area contributed by atoms with Gasteiger partial charge in [-0.25, -0.2) is 4.99 Å². The van der Waals surface area contributed by atoms with Gasteiger partial charge >= 0.3 is 0 Å². The third-order valence-electron chi connectivity index (χ3n) is 6.13. The van der Waals surface area contributed by atoms with Crippen molar-refractivity contribution in [2.45, 2.75) is 46.1 Å². The van der Waals surface area contributed by atoms with E-state index in [1.807, 2.05) is 25.1 Å². The quantitative estimate of drug-likeness (QED) is 0.278. The number of hydrogen-bond acceptors (Lipinski definition) is 4. The van der Waals surface area contributed by atoms with Crippen LogP contribution in [0.25, 0.3) is 0 Å². The summed E-state index contributed by atoms with van der Waals surface area (Å²) in [6.45, 7) is 11.5. The van der Waals surface area contributed by atoms with Crippen molar-refractivity contribution in [1.82, 2.24) is 20.4 Å². The predicted octanol–water partition coefficient (Wildman–Crippen LogP) is 3.09. The number of guanidine groups is 1. The maximum absolute atomic E-state index is 12.6. The summed E-state index contributed by atoms with van der Waals surface area (Å²) in [7, 11) is 0. The van der Waals surface area contributed by atoms with Crippen LogP contribution in [0.5, 0.6) is 5.75 Å². The molecule has 2 N–H and O–H groups in total. The van der Waals surface area contributed by atoms with Gasteiger partial charge in [-0.3, -0.25) is 9.69 Å². The van der Waals surface area contributed by atoms with Crippen LogP contribution in [0.4, 0.5) is 0 Å². The van der Waals surface area contributed by atoms with Crippen molar-refractivity contribution in [3.63, 3.8) is 0 Å². The van der Waals surface area contributed by atoms with Gasteiger partial charge in [-0.2, -0.15) is 0 Å². The number of amides is 1. The minimum absolute atomic E-state index is 0. The summed E-state index contributed by atoms with van der Waals surface area (Å²) in [5.41, 5.74) is 1.09. The summed E-state index contributed by atoms with van der Waals surface area (Å²) in [4.78, 5) is 21.8. The molecular formula is C24H40IN5O2. The Morgan fingerprint density at radius 1 is 1.09 bits per heavy atom. The molecular weight excluding hydrogens is 517 g/mol. The number of ether oxygens (including phenoxy) is 1. The summed E-state index contributed by atoms with van der Waals surface area (Å²) >= 11 is 0. The van der Waals surface area contributed by atoms with E-state index in [9.17, 15) is 4.79 Å². The number of carbonyl (C=O) groups is 1. The van der Waals surface area contributed by atoms with Crippen LogP contribution in [-0.2, 0) is 11.3 Å². The molecule has 1 saturated carbocycles. The number of nitrogens with one attached hydrogen (secondary N) is 2. The molecule has 0 unspecified atom stereocenters. The Hall–Kier alpha value is -1.55. The number of para-hydroxylation sites is 1. The van der Waals surface area contributed by atoms with Gasteiger partial charge in [0, 0.05) is 57.3 Å². The summed E-state index contributed by atoms with van der Waals surface area (Å²) in [5, 5.41) is 6.77. The average molecular weight is 558 g/mol. The Bertz CT molecular complexity index is 716. The zero-order valence-electron chi connectivity index (χ0n) is 19.6. The van der Waals surface area contributed by atoms with E-state index in [2.05, 4.69) is 33.4 Å². The molecule has 1 aromatic rings. The van der Waals surface area contributed by atoms with E-state index in [1.165, 1.54) is 12.8 Å². The molecule has 0 aromatic heterocycles. The fraction of sp³-hybridized carbons (Fsp3) is 0.667. The Labute approximate surface area is 210 Å². The first kappa shape index (κ1) is 26.7. The highest BCUT2D eigenvalue weighted by molar-refractivity contribution is 14.0. The lowest BCUT2D eigenvalue weighted by Crippen LogP contribution is -2.51. The van der Waals surface area contributed by atoms with Crippen LogP contribution in [0.1, 0.15) is 45.1 Å². The molecule has 180 valence electrons. The Morgan fingerprint density at radius 3 is 2.50 bits per heavy atom. The lowest BCUT2D eigenvalue weighted by Gasteiger charge is -2.36. The Morgan fingerprint density at radius 2 is 1.81 bits per heavy atom. The first-order valence-electron chi connectivity index (χ1n) is 11.9. The van der Waals surface area contributed by atoms with Crippen molar-refractivity contribution in [1.29, 1.82) is 0 Å². The molecule has 0 radical (unpaired) electrons. The standard InChI is InChI=1S/C24H39N5O2.HI/c1-3-25-24(27-19-21-11-7-8-12-22(21)31-4-2)26-13-14-28-15-17-29(18-16-28)23(30)20-9-5-6-10-20;/h7-8,11-12,20H,3-6,9-10,13-19H2,1-2H3,(H2,25,26,27);1H. The highest BCUT2D eigenvalue weighted by Gasteiger charge is 2.29. The number of carbonyl (C=O) groups excluding carboxylic acids is 1. The SMILES string of the molecule is CCNC(=NCc1ccccc1OCC)NCCN1CCN(C(=O)C2CCCC2)CC1.I. The normalized spacial score (nSPS) is 17.7. The molecule has 0 atom stereocenters. The molecule has 1 saturated heterocycles. The molecule has 1 amide bonds. The zero-order chi connectivity index (χ0) is 21.9. The topological polar surface area (TPSA) is 69.2 Å². The second-order valence-corrected chi connectivity index (χ2v) is 8.31. The van der Waals surface area contributed by atoms with Crippen LogP contribution >= 0.6 is 24.0 Å². The summed E-state index contributed by atoms with van der Waals surface area (Å²) in [6, 6.07) is 8.06. The Kier molecular flexibility index (Phi) is 12.2. The van der Waals surface area contributed by atoms with Gasteiger partial charge in [0.15, 0.2) is 5.96 Å². The van der Waals surface area contributed by atoms with Gasteiger partial charge in [0.2, 0.25) is 5.91 Å². The van der Waals surface area contributed by atoms with Crippen LogP contribution in [0.3, 0.4) is 0 Å². The Balaban J connectivity index is 0.00000363. The fourth-order valence-corrected chi connectivity index (χ4v) is 4.39. The van der Waals surface area contributed by atoms with Crippen molar-refractivity contribution in [2.24, 2.45) is 10.9 Å². The molecule has 1 aromatic carbocycles. The third-order valence-corrected chi connectivity index (χ3v) is 6.13. The largest absolute Gasteiger partial charge is 0.494 e. The van der Waals surface area contributed by atoms with Crippen molar-refractivity contribution < 1.29 is 9.53 Å². The number of piperazine rings is 1. The van der Waals surface area contributed by atoms with E-state index in [1.54, 1.807) is 0 Å². The second-order valence-electron chi connectivity index (χ2n) is 8.31. The lowest BCUT2D eigenvalue weighted by atomic mass is 10.1. The molecule has 8 heteroatoms. The van der Waals surface area contributed by atoms with Crippen molar-refractivity contribution >= 4 is 35.8 Å². The molecule has 2 fully saturated rings. The van der Waals surface area contributed by atoms with Crippen molar-refractivity contribution in [2.75, 3.05) is 52.4 Å². The van der Waals surface area contributed by atoms with E-state index in [0.29, 0.717) is 25.0 Å². The number of hydrogen-bond donors (Lipinski definition) is 2. The first-order chi connectivity index (χ1) is 15.2. The maximum atomic E-state index is 12.6.